The van der Waals surface area contributed by atoms with Gasteiger partial charge in [-0.15, -0.1) is 0 Å². The molecule has 0 saturated carbocycles. The van der Waals surface area contributed by atoms with Crippen LogP contribution in [0.5, 0.6) is 0 Å². The lowest BCUT2D eigenvalue weighted by Crippen LogP contribution is -2.27. The van der Waals surface area contributed by atoms with E-state index in [1.807, 2.05) is 49.1 Å². The van der Waals surface area contributed by atoms with Crippen molar-refractivity contribution in [1.82, 2.24) is 14.5 Å². The summed E-state index contributed by atoms with van der Waals surface area (Å²) in [6, 6.07) is 8.07. The highest BCUT2D eigenvalue weighted by atomic mass is 79.9. The average Bonchev–Trinajstić information content (AvgIpc) is 2.83. The fraction of sp³-hybridized carbons (Fsp3) is 0.333. The van der Waals surface area contributed by atoms with E-state index in [0.717, 1.165) is 16.7 Å². The number of rotatable bonds is 5. The number of aromatic nitrogens is 2. The molecule has 0 spiro atoms. The summed E-state index contributed by atoms with van der Waals surface area (Å²) in [7, 11) is 3.75. The van der Waals surface area contributed by atoms with E-state index < -0.39 is 0 Å². The monoisotopic (exact) mass is 335 g/mol. The Morgan fingerprint density at radius 1 is 1.35 bits per heavy atom. The summed E-state index contributed by atoms with van der Waals surface area (Å²) < 4.78 is 2.98. The van der Waals surface area contributed by atoms with Crippen LogP contribution < -0.4 is 0 Å². The van der Waals surface area contributed by atoms with Gasteiger partial charge in [0.2, 0.25) is 5.91 Å². The van der Waals surface area contributed by atoms with Crippen molar-refractivity contribution < 1.29 is 4.79 Å². The minimum absolute atomic E-state index is 0.135. The highest BCUT2D eigenvalue weighted by Crippen LogP contribution is 2.12. The van der Waals surface area contributed by atoms with Crippen molar-refractivity contribution in [3.63, 3.8) is 0 Å². The van der Waals surface area contributed by atoms with Crippen LogP contribution in [0.3, 0.4) is 0 Å². The molecule has 1 heterocycles. The minimum atomic E-state index is 0.135. The molecule has 0 bridgehead atoms. The van der Waals surface area contributed by atoms with Crippen LogP contribution in [0.1, 0.15) is 17.8 Å². The molecule has 1 amide bonds. The molecule has 20 heavy (non-hydrogen) atoms. The van der Waals surface area contributed by atoms with Gasteiger partial charge in [-0.05, 0) is 24.1 Å². The second-order valence-corrected chi connectivity index (χ2v) is 5.75. The summed E-state index contributed by atoms with van der Waals surface area (Å²) in [4.78, 5) is 18.1. The Bertz CT molecular complexity index is 577. The van der Waals surface area contributed by atoms with E-state index in [1.165, 1.54) is 5.56 Å². The van der Waals surface area contributed by atoms with Gasteiger partial charge in [0.1, 0.15) is 5.82 Å². The topological polar surface area (TPSA) is 38.1 Å². The average molecular weight is 336 g/mol. The number of hydrogen-bond donors (Lipinski definition) is 0. The van der Waals surface area contributed by atoms with Crippen LogP contribution in [0.25, 0.3) is 0 Å². The van der Waals surface area contributed by atoms with Crippen molar-refractivity contribution in [2.75, 3.05) is 7.05 Å². The Hall–Kier alpha value is -1.62. The number of nitrogens with zero attached hydrogens (tertiary/aromatic N) is 3. The number of aryl methyl sites for hydroxylation is 2. The van der Waals surface area contributed by atoms with E-state index in [-0.39, 0.29) is 5.91 Å². The third-order valence-corrected chi connectivity index (χ3v) is 3.79. The van der Waals surface area contributed by atoms with Crippen molar-refractivity contribution in [2.45, 2.75) is 19.4 Å². The summed E-state index contributed by atoms with van der Waals surface area (Å²) in [5.74, 6) is 1.03. The molecular formula is C15H18BrN3O. The third-order valence-electron chi connectivity index (χ3n) is 3.27. The number of benzene rings is 1. The Morgan fingerprint density at radius 2 is 2.05 bits per heavy atom. The second kappa shape index (κ2) is 6.70. The van der Waals surface area contributed by atoms with Gasteiger partial charge in [0.05, 0.1) is 6.54 Å². The highest BCUT2D eigenvalue weighted by molar-refractivity contribution is 9.10. The van der Waals surface area contributed by atoms with Gasteiger partial charge in [-0.3, -0.25) is 4.79 Å². The zero-order valence-corrected chi connectivity index (χ0v) is 13.3. The quantitative estimate of drug-likeness (QED) is 0.842. The van der Waals surface area contributed by atoms with E-state index in [1.54, 1.807) is 11.1 Å². The van der Waals surface area contributed by atoms with Crippen molar-refractivity contribution in [1.29, 1.82) is 0 Å². The van der Waals surface area contributed by atoms with Crippen LogP contribution in [-0.2, 0) is 24.8 Å². The predicted octanol–water partition coefficient (Wildman–Crippen LogP) is 2.77. The molecule has 0 aliphatic carbocycles. The summed E-state index contributed by atoms with van der Waals surface area (Å²) >= 11 is 3.40. The third kappa shape index (κ3) is 3.93. The van der Waals surface area contributed by atoms with E-state index in [4.69, 9.17) is 0 Å². The molecule has 0 aliphatic rings. The number of carbonyl (C=O) groups is 1. The zero-order chi connectivity index (χ0) is 14.5. The lowest BCUT2D eigenvalue weighted by Gasteiger charge is -2.16. The maximum absolute atomic E-state index is 12.1. The maximum Gasteiger partial charge on any atom is 0.223 e. The Kier molecular flexibility index (Phi) is 4.95. The summed E-state index contributed by atoms with van der Waals surface area (Å²) in [6.07, 6.45) is 4.91. The first kappa shape index (κ1) is 14.8. The first-order valence-electron chi connectivity index (χ1n) is 6.51. The number of hydrogen-bond acceptors (Lipinski definition) is 2. The van der Waals surface area contributed by atoms with E-state index in [0.29, 0.717) is 13.0 Å². The first-order valence-corrected chi connectivity index (χ1v) is 7.30. The smallest absolute Gasteiger partial charge is 0.223 e. The Labute approximate surface area is 127 Å². The van der Waals surface area contributed by atoms with E-state index in [2.05, 4.69) is 20.9 Å². The van der Waals surface area contributed by atoms with Gasteiger partial charge in [0.15, 0.2) is 0 Å². The maximum atomic E-state index is 12.1. The Balaban J connectivity index is 1.85. The van der Waals surface area contributed by atoms with Gasteiger partial charge in [0, 0.05) is 37.4 Å². The van der Waals surface area contributed by atoms with E-state index in [9.17, 15) is 4.79 Å². The van der Waals surface area contributed by atoms with Crippen LogP contribution >= 0.6 is 15.9 Å². The number of amides is 1. The van der Waals surface area contributed by atoms with Crippen molar-refractivity contribution in [3.05, 3.63) is 52.5 Å². The molecule has 0 N–H and O–H groups in total. The van der Waals surface area contributed by atoms with Gasteiger partial charge in [0.25, 0.3) is 0 Å². The SMILES string of the molecule is CN(Cc1nccn1C)C(=O)CCc1ccc(Br)cc1. The van der Waals surface area contributed by atoms with Crippen LogP contribution in [0.2, 0.25) is 0 Å². The molecule has 0 aliphatic heterocycles. The Morgan fingerprint density at radius 3 is 2.65 bits per heavy atom. The molecule has 5 heteroatoms. The second-order valence-electron chi connectivity index (χ2n) is 4.83. The summed E-state index contributed by atoms with van der Waals surface area (Å²) in [6.45, 7) is 0.544. The molecule has 0 saturated heterocycles. The molecule has 0 fully saturated rings. The van der Waals surface area contributed by atoms with Crippen molar-refractivity contribution in [2.24, 2.45) is 7.05 Å². The molecule has 2 rings (SSSR count). The van der Waals surface area contributed by atoms with Gasteiger partial charge in [-0.2, -0.15) is 0 Å². The number of halogens is 1. The molecule has 0 atom stereocenters. The molecule has 0 radical (unpaired) electrons. The van der Waals surface area contributed by atoms with Crippen LogP contribution in [0, 0.1) is 0 Å². The number of imidazole rings is 1. The van der Waals surface area contributed by atoms with Gasteiger partial charge < -0.3 is 9.47 Å². The van der Waals surface area contributed by atoms with E-state index >= 15 is 0 Å². The molecule has 1 aromatic heterocycles. The largest absolute Gasteiger partial charge is 0.338 e. The zero-order valence-electron chi connectivity index (χ0n) is 11.7. The molecule has 0 unspecified atom stereocenters. The lowest BCUT2D eigenvalue weighted by atomic mass is 10.1. The molecule has 106 valence electrons. The van der Waals surface area contributed by atoms with Crippen molar-refractivity contribution in [3.8, 4) is 0 Å². The lowest BCUT2D eigenvalue weighted by molar-refractivity contribution is -0.130. The van der Waals surface area contributed by atoms with Crippen LogP contribution in [0.4, 0.5) is 0 Å². The van der Waals surface area contributed by atoms with Gasteiger partial charge in [-0.1, -0.05) is 28.1 Å². The van der Waals surface area contributed by atoms with Gasteiger partial charge >= 0.3 is 0 Å². The molecule has 1 aromatic carbocycles. The van der Waals surface area contributed by atoms with Crippen molar-refractivity contribution >= 4 is 21.8 Å². The molecule has 2 aromatic rings. The van der Waals surface area contributed by atoms with Crippen LogP contribution in [-0.4, -0.2) is 27.4 Å². The molecular weight excluding hydrogens is 318 g/mol. The minimum Gasteiger partial charge on any atom is -0.338 e. The summed E-state index contributed by atoms with van der Waals surface area (Å²) in [5, 5.41) is 0. The first-order chi connectivity index (χ1) is 9.56. The van der Waals surface area contributed by atoms with Crippen LogP contribution in [0.15, 0.2) is 41.1 Å². The summed E-state index contributed by atoms with van der Waals surface area (Å²) in [5.41, 5.74) is 1.17. The normalized spacial score (nSPS) is 10.6. The van der Waals surface area contributed by atoms with Gasteiger partial charge in [-0.25, -0.2) is 4.98 Å². The fourth-order valence-corrected chi connectivity index (χ4v) is 2.21. The molecule has 4 nitrogen and oxygen atoms in total. The highest BCUT2D eigenvalue weighted by Gasteiger charge is 2.11. The predicted molar refractivity (Wildman–Crippen MR) is 82.1 cm³/mol. The number of carbonyl (C=O) groups excluding carboxylic acids is 1. The fourth-order valence-electron chi connectivity index (χ4n) is 1.94. The standard InChI is InChI=1S/C15H18BrN3O/c1-18-10-9-17-14(18)11-19(2)15(20)8-5-12-3-6-13(16)7-4-12/h3-4,6-7,9-10H,5,8,11H2,1-2H3.